The Labute approximate surface area is 142 Å². The second-order valence-corrected chi connectivity index (χ2v) is 5.63. The molecule has 0 radical (unpaired) electrons. The van der Waals surface area contributed by atoms with Crippen LogP contribution in [0.25, 0.3) is 0 Å². The highest BCUT2D eigenvalue weighted by Crippen LogP contribution is 2.06. The third kappa shape index (κ3) is 17.7. The molecule has 23 heavy (non-hydrogen) atoms. The fourth-order valence-electron chi connectivity index (χ4n) is 1.89. The summed E-state index contributed by atoms with van der Waals surface area (Å²) in [5.74, 6) is 0.0111. The molecule has 0 N–H and O–H groups in total. The van der Waals surface area contributed by atoms with Crippen molar-refractivity contribution in [2.45, 2.75) is 52.4 Å². The van der Waals surface area contributed by atoms with Crippen molar-refractivity contribution in [1.82, 2.24) is 0 Å². The van der Waals surface area contributed by atoms with Crippen molar-refractivity contribution in [3.8, 4) is 0 Å². The molecule has 0 aromatic rings. The molecular weight excluding hydrogens is 296 g/mol. The highest BCUT2D eigenvalue weighted by atomic mass is 16.5. The van der Waals surface area contributed by atoms with E-state index in [1.165, 1.54) is 0 Å². The van der Waals surface area contributed by atoms with Crippen LogP contribution in [0.1, 0.15) is 52.4 Å². The normalized spacial score (nSPS) is 11.3. The van der Waals surface area contributed by atoms with E-state index in [9.17, 15) is 4.79 Å². The molecule has 5 nitrogen and oxygen atoms in total. The van der Waals surface area contributed by atoms with Gasteiger partial charge in [-0.05, 0) is 25.7 Å². The molecule has 0 atom stereocenters. The number of unbranched alkanes of at least 4 members (excludes halogenated alkanes) is 2. The Kier molecular flexibility index (Phi) is 19.1. The van der Waals surface area contributed by atoms with Crippen molar-refractivity contribution < 1.29 is 23.7 Å². The molecule has 0 aromatic heterocycles. The molecule has 5 heteroatoms. The molecule has 0 saturated heterocycles. The van der Waals surface area contributed by atoms with Crippen LogP contribution in [0.4, 0.5) is 0 Å². The van der Waals surface area contributed by atoms with Crippen molar-refractivity contribution in [3.05, 3.63) is 0 Å². The Hall–Kier alpha value is -0.490. The Morgan fingerprint density at radius 3 is 1.39 bits per heavy atom. The first-order valence-corrected chi connectivity index (χ1v) is 9.11. The molecule has 0 amide bonds. The first-order valence-electron chi connectivity index (χ1n) is 9.11. The predicted molar refractivity (Wildman–Crippen MR) is 91.9 cm³/mol. The van der Waals surface area contributed by atoms with Gasteiger partial charge in [0, 0.05) is 32.3 Å². The molecule has 0 aliphatic heterocycles. The van der Waals surface area contributed by atoms with E-state index in [0.717, 1.165) is 58.0 Å². The van der Waals surface area contributed by atoms with Crippen LogP contribution in [-0.2, 0) is 23.7 Å². The van der Waals surface area contributed by atoms with E-state index in [-0.39, 0.29) is 5.92 Å². The van der Waals surface area contributed by atoms with Gasteiger partial charge in [0.05, 0.1) is 26.4 Å². The maximum absolute atomic E-state index is 11.0. The molecule has 0 fully saturated rings. The van der Waals surface area contributed by atoms with E-state index in [0.29, 0.717) is 39.6 Å². The number of hydrogen-bond donors (Lipinski definition) is 0. The average Bonchev–Trinajstić information content (AvgIpc) is 2.57. The smallest absolute Gasteiger partial charge is 0.123 e. The van der Waals surface area contributed by atoms with Gasteiger partial charge in [-0.15, -0.1) is 0 Å². The number of hydrogen-bond acceptors (Lipinski definition) is 5. The monoisotopic (exact) mass is 332 g/mol. The summed E-state index contributed by atoms with van der Waals surface area (Å²) in [5.41, 5.74) is 0. The standard InChI is InChI=1S/C18H36O5/c1-3-5-9-20-13-15-22-11-7-18(17-19)8-12-23-16-14-21-10-6-4-2/h17-18H,3-16H2,1-2H3. The van der Waals surface area contributed by atoms with E-state index in [2.05, 4.69) is 13.8 Å². The topological polar surface area (TPSA) is 54.0 Å². The number of ether oxygens (including phenoxy) is 4. The van der Waals surface area contributed by atoms with Crippen LogP contribution < -0.4 is 0 Å². The minimum atomic E-state index is 0.0111. The van der Waals surface area contributed by atoms with Gasteiger partial charge in [0.25, 0.3) is 0 Å². The van der Waals surface area contributed by atoms with Gasteiger partial charge < -0.3 is 23.7 Å². The Bertz CT molecular complexity index is 215. The largest absolute Gasteiger partial charge is 0.379 e. The van der Waals surface area contributed by atoms with Gasteiger partial charge in [-0.2, -0.15) is 0 Å². The maximum atomic E-state index is 11.0. The average molecular weight is 332 g/mol. The first-order chi connectivity index (χ1) is 11.3. The van der Waals surface area contributed by atoms with Crippen LogP contribution in [0.3, 0.4) is 0 Å². The third-order valence-electron chi connectivity index (χ3n) is 3.49. The lowest BCUT2D eigenvalue weighted by atomic mass is 10.0. The van der Waals surface area contributed by atoms with Gasteiger partial charge in [0.15, 0.2) is 0 Å². The van der Waals surface area contributed by atoms with Gasteiger partial charge in [-0.25, -0.2) is 0 Å². The first kappa shape index (κ1) is 22.5. The summed E-state index contributed by atoms with van der Waals surface area (Å²) in [6, 6.07) is 0. The summed E-state index contributed by atoms with van der Waals surface area (Å²) in [6.07, 6.45) is 6.98. The third-order valence-corrected chi connectivity index (χ3v) is 3.49. The molecular formula is C18H36O5. The summed E-state index contributed by atoms with van der Waals surface area (Å²) in [5, 5.41) is 0. The lowest BCUT2D eigenvalue weighted by molar-refractivity contribution is -0.112. The molecule has 0 spiro atoms. The van der Waals surface area contributed by atoms with Crippen LogP contribution in [0, 0.1) is 5.92 Å². The summed E-state index contributed by atoms with van der Waals surface area (Å²) in [4.78, 5) is 11.0. The van der Waals surface area contributed by atoms with Gasteiger partial charge in [-0.3, -0.25) is 0 Å². The van der Waals surface area contributed by atoms with Crippen LogP contribution in [0.5, 0.6) is 0 Å². The minimum Gasteiger partial charge on any atom is -0.379 e. The molecule has 0 aliphatic carbocycles. The Balaban J connectivity index is 3.30. The van der Waals surface area contributed by atoms with Crippen LogP contribution in [-0.4, -0.2) is 59.1 Å². The van der Waals surface area contributed by atoms with E-state index in [4.69, 9.17) is 18.9 Å². The zero-order valence-corrected chi connectivity index (χ0v) is 15.1. The zero-order chi connectivity index (χ0) is 17.0. The number of carbonyl (C=O) groups is 1. The summed E-state index contributed by atoms with van der Waals surface area (Å²) in [6.45, 7) is 9.54. The lowest BCUT2D eigenvalue weighted by Gasteiger charge is -2.11. The van der Waals surface area contributed by atoms with E-state index in [1.54, 1.807) is 0 Å². The Morgan fingerprint density at radius 1 is 0.652 bits per heavy atom. The van der Waals surface area contributed by atoms with Gasteiger partial charge >= 0.3 is 0 Å². The van der Waals surface area contributed by atoms with Crippen LogP contribution in [0.2, 0.25) is 0 Å². The highest BCUT2D eigenvalue weighted by Gasteiger charge is 2.07. The van der Waals surface area contributed by atoms with Crippen molar-refractivity contribution in [1.29, 1.82) is 0 Å². The molecule has 0 saturated carbocycles. The van der Waals surface area contributed by atoms with E-state index >= 15 is 0 Å². The number of aldehydes is 1. The summed E-state index contributed by atoms with van der Waals surface area (Å²) in [7, 11) is 0. The predicted octanol–water partition coefficient (Wildman–Crippen LogP) is 3.25. The fraction of sp³-hybridized carbons (Fsp3) is 0.944. The zero-order valence-electron chi connectivity index (χ0n) is 15.1. The Morgan fingerprint density at radius 2 is 1.04 bits per heavy atom. The highest BCUT2D eigenvalue weighted by molar-refractivity contribution is 5.53. The maximum Gasteiger partial charge on any atom is 0.123 e. The molecule has 0 rings (SSSR count). The molecule has 0 aromatic carbocycles. The molecule has 0 aliphatic rings. The SMILES string of the molecule is CCCCOCCOCCC(C=O)CCOCCOCCCC. The fourth-order valence-corrected chi connectivity index (χ4v) is 1.89. The van der Waals surface area contributed by atoms with E-state index in [1.807, 2.05) is 0 Å². The van der Waals surface area contributed by atoms with Gasteiger partial charge in [0.2, 0.25) is 0 Å². The molecule has 0 unspecified atom stereocenters. The molecule has 0 bridgehead atoms. The number of carbonyl (C=O) groups excluding carboxylic acids is 1. The summed E-state index contributed by atoms with van der Waals surface area (Å²) < 4.78 is 21.8. The van der Waals surface area contributed by atoms with E-state index < -0.39 is 0 Å². The van der Waals surface area contributed by atoms with Crippen molar-refractivity contribution >= 4 is 6.29 Å². The van der Waals surface area contributed by atoms with Crippen LogP contribution >= 0.6 is 0 Å². The van der Waals surface area contributed by atoms with Crippen molar-refractivity contribution in [2.75, 3.05) is 52.9 Å². The quantitative estimate of drug-likeness (QED) is 0.268. The second kappa shape index (κ2) is 19.6. The summed E-state index contributed by atoms with van der Waals surface area (Å²) >= 11 is 0. The minimum absolute atomic E-state index is 0.0111. The molecule has 138 valence electrons. The van der Waals surface area contributed by atoms with Crippen molar-refractivity contribution in [2.24, 2.45) is 5.92 Å². The van der Waals surface area contributed by atoms with Gasteiger partial charge in [-0.1, -0.05) is 26.7 Å². The second-order valence-electron chi connectivity index (χ2n) is 5.63. The molecule has 0 heterocycles. The van der Waals surface area contributed by atoms with Crippen molar-refractivity contribution in [3.63, 3.8) is 0 Å². The lowest BCUT2D eigenvalue weighted by Crippen LogP contribution is -2.13. The van der Waals surface area contributed by atoms with Gasteiger partial charge in [0.1, 0.15) is 6.29 Å². The van der Waals surface area contributed by atoms with Crippen LogP contribution in [0.15, 0.2) is 0 Å². The number of rotatable bonds is 19.